The number of rotatable bonds is 10. The highest BCUT2D eigenvalue weighted by Gasteiger charge is 2.33. The number of nitrogens with zero attached hydrogens (tertiary/aromatic N) is 8. The molecule has 0 radical (unpaired) electrons. The van der Waals surface area contributed by atoms with Crippen LogP contribution in [0.5, 0.6) is 5.75 Å². The Morgan fingerprint density at radius 3 is 2.49 bits per heavy atom. The quantitative estimate of drug-likeness (QED) is 0.156. The molecule has 1 N–H and O–H groups in total. The first-order valence-corrected chi connectivity index (χ1v) is 19.0. The van der Waals surface area contributed by atoms with E-state index in [0.717, 1.165) is 33.7 Å². The Bertz CT molecular complexity index is 2780. The van der Waals surface area contributed by atoms with Gasteiger partial charge in [0.1, 0.15) is 30.7 Å². The Balaban J connectivity index is 1.12. The van der Waals surface area contributed by atoms with E-state index in [1.165, 1.54) is 12.6 Å². The number of nitrogens with one attached hydrogen (secondary N) is 1. The van der Waals surface area contributed by atoms with Gasteiger partial charge in [-0.3, -0.25) is 14.4 Å². The van der Waals surface area contributed by atoms with Crippen LogP contribution in [0.4, 0.5) is 24.5 Å². The number of carbonyl (C=O) groups excluding carboxylic acids is 2. The Morgan fingerprint density at radius 1 is 0.983 bits per heavy atom. The highest BCUT2D eigenvalue weighted by Crippen LogP contribution is 2.34. The van der Waals surface area contributed by atoms with Crippen molar-refractivity contribution < 1.29 is 31.9 Å². The van der Waals surface area contributed by atoms with Gasteiger partial charge in [0.25, 0.3) is 11.5 Å². The summed E-state index contributed by atoms with van der Waals surface area (Å²) < 4.78 is 54.4. The number of piperazine rings is 1. The second kappa shape index (κ2) is 15.9. The van der Waals surface area contributed by atoms with Crippen LogP contribution in [0.1, 0.15) is 39.9 Å². The summed E-state index contributed by atoms with van der Waals surface area (Å²) in [5, 5.41) is 7.70. The minimum absolute atomic E-state index is 0.0278. The average Bonchev–Trinajstić information content (AvgIpc) is 3.90. The summed E-state index contributed by atoms with van der Waals surface area (Å²) in [4.78, 5) is 58.9. The first-order chi connectivity index (χ1) is 28.4. The Hall–Kier alpha value is -6.75. The summed E-state index contributed by atoms with van der Waals surface area (Å²) in [5.41, 5.74) is 1.79. The zero-order chi connectivity index (χ0) is 41.4. The van der Waals surface area contributed by atoms with Gasteiger partial charge >= 0.3 is 6.18 Å². The standard InChI is InChI=1S/C41H35ClF3N9O5/c1-3-31-34(51-15-17-52(18-16-51)38(56)33-35(24(2)46-23-47-33)59-22-25-8-5-4-6-9-25)39(57)54-40(49-37(50-54)28-11-7-10-26-14-19-58-36(26)28)53(31)21-32(55)48-30-13-12-27(20-29(30)42)41(43,44)45/h4-14,19-20,23H,3,15-18,21-22H2,1-2H3,(H,48,55). The number of para-hydroxylation sites is 1. The number of aromatic nitrogens is 6. The summed E-state index contributed by atoms with van der Waals surface area (Å²) in [7, 11) is 0. The number of hydrogen-bond acceptors (Lipinski definition) is 10. The highest BCUT2D eigenvalue weighted by atomic mass is 35.5. The molecule has 3 aromatic carbocycles. The lowest BCUT2D eigenvalue weighted by atomic mass is 10.1. The van der Waals surface area contributed by atoms with Gasteiger partial charge < -0.3 is 28.8 Å². The van der Waals surface area contributed by atoms with Crippen molar-refractivity contribution in [1.82, 2.24) is 34.0 Å². The molecular weight excluding hydrogens is 791 g/mol. The molecule has 18 heteroatoms. The fourth-order valence-corrected chi connectivity index (χ4v) is 7.37. The van der Waals surface area contributed by atoms with Gasteiger partial charge in [-0.15, -0.1) is 5.10 Å². The van der Waals surface area contributed by atoms with Crippen LogP contribution in [0, 0.1) is 6.92 Å². The summed E-state index contributed by atoms with van der Waals surface area (Å²) >= 11 is 6.18. The number of hydrogen-bond donors (Lipinski definition) is 1. The lowest BCUT2D eigenvalue weighted by Gasteiger charge is -2.36. The maximum Gasteiger partial charge on any atom is 0.416 e. The van der Waals surface area contributed by atoms with Gasteiger partial charge in [-0.1, -0.05) is 61.0 Å². The lowest BCUT2D eigenvalue weighted by Crippen LogP contribution is -2.51. The molecule has 0 unspecified atom stereocenters. The van der Waals surface area contributed by atoms with Crippen molar-refractivity contribution >= 4 is 51.5 Å². The molecule has 8 rings (SSSR count). The van der Waals surface area contributed by atoms with E-state index < -0.39 is 29.8 Å². The summed E-state index contributed by atoms with van der Waals surface area (Å²) in [6.07, 6.45) is -1.51. The molecule has 1 saturated heterocycles. The number of aryl methyl sites for hydroxylation is 1. The van der Waals surface area contributed by atoms with Crippen LogP contribution in [-0.2, 0) is 30.5 Å². The first-order valence-electron chi connectivity index (χ1n) is 18.6. The number of anilines is 2. The Labute approximate surface area is 338 Å². The molecule has 0 saturated carbocycles. The molecule has 0 bridgehead atoms. The molecule has 4 aromatic heterocycles. The molecular formula is C41H35ClF3N9O5. The maximum absolute atomic E-state index is 14.5. The van der Waals surface area contributed by atoms with Crippen molar-refractivity contribution in [3.05, 3.63) is 129 Å². The van der Waals surface area contributed by atoms with E-state index in [1.54, 1.807) is 34.6 Å². The van der Waals surface area contributed by atoms with Crippen LogP contribution in [0.2, 0.25) is 5.02 Å². The number of carbonyl (C=O) groups is 2. The lowest BCUT2D eigenvalue weighted by molar-refractivity contribution is -0.137. The predicted octanol–water partition coefficient (Wildman–Crippen LogP) is 6.82. The normalized spacial score (nSPS) is 13.3. The van der Waals surface area contributed by atoms with E-state index in [-0.39, 0.29) is 84.6 Å². The molecule has 2 amide bonds. The molecule has 0 atom stereocenters. The van der Waals surface area contributed by atoms with Crippen molar-refractivity contribution in [2.24, 2.45) is 0 Å². The minimum Gasteiger partial charge on any atom is -0.485 e. The minimum atomic E-state index is -4.63. The molecule has 1 fully saturated rings. The van der Waals surface area contributed by atoms with Crippen molar-refractivity contribution in [2.45, 2.75) is 39.6 Å². The van der Waals surface area contributed by atoms with E-state index in [0.29, 0.717) is 22.5 Å². The van der Waals surface area contributed by atoms with Crippen molar-refractivity contribution in [1.29, 1.82) is 0 Å². The molecule has 14 nitrogen and oxygen atoms in total. The molecule has 302 valence electrons. The maximum atomic E-state index is 14.5. The van der Waals surface area contributed by atoms with Crippen LogP contribution >= 0.6 is 11.6 Å². The highest BCUT2D eigenvalue weighted by molar-refractivity contribution is 6.33. The van der Waals surface area contributed by atoms with E-state index in [1.807, 2.05) is 48.2 Å². The van der Waals surface area contributed by atoms with Gasteiger partial charge in [-0.05, 0) is 49.2 Å². The van der Waals surface area contributed by atoms with Crippen LogP contribution < -0.4 is 20.5 Å². The number of halogens is 4. The molecule has 1 aliphatic rings. The van der Waals surface area contributed by atoms with Gasteiger partial charge in [-0.2, -0.15) is 22.7 Å². The van der Waals surface area contributed by atoms with Gasteiger partial charge in [0.2, 0.25) is 11.7 Å². The predicted molar refractivity (Wildman–Crippen MR) is 213 cm³/mol. The van der Waals surface area contributed by atoms with E-state index >= 15 is 0 Å². The third kappa shape index (κ3) is 7.68. The second-order valence-corrected chi connectivity index (χ2v) is 14.2. The summed E-state index contributed by atoms with van der Waals surface area (Å²) in [6.45, 7) is 4.30. The number of amides is 2. The number of fused-ring (bicyclic) bond motifs is 2. The van der Waals surface area contributed by atoms with Crippen LogP contribution in [0.3, 0.4) is 0 Å². The number of alkyl halides is 3. The fraction of sp³-hybridized carbons (Fsp3) is 0.244. The largest absolute Gasteiger partial charge is 0.485 e. The van der Waals surface area contributed by atoms with Crippen LogP contribution in [-0.4, -0.2) is 72.0 Å². The van der Waals surface area contributed by atoms with Crippen molar-refractivity contribution in [3.8, 4) is 17.1 Å². The Morgan fingerprint density at radius 2 is 1.76 bits per heavy atom. The zero-order valence-corrected chi connectivity index (χ0v) is 32.4. The molecule has 0 spiro atoms. The van der Waals surface area contributed by atoms with E-state index in [2.05, 4.69) is 20.4 Å². The van der Waals surface area contributed by atoms with Crippen LogP contribution in [0.15, 0.2) is 94.6 Å². The fourth-order valence-electron chi connectivity index (χ4n) is 7.14. The second-order valence-electron chi connectivity index (χ2n) is 13.8. The molecule has 1 aliphatic heterocycles. The van der Waals surface area contributed by atoms with Gasteiger partial charge in [0, 0.05) is 31.6 Å². The summed E-state index contributed by atoms with van der Waals surface area (Å²) in [5.74, 6) is -0.486. The smallest absolute Gasteiger partial charge is 0.416 e. The molecule has 5 heterocycles. The van der Waals surface area contributed by atoms with Crippen molar-refractivity contribution in [3.63, 3.8) is 0 Å². The van der Waals surface area contributed by atoms with Crippen LogP contribution in [0.25, 0.3) is 28.1 Å². The third-order valence-electron chi connectivity index (χ3n) is 10.0. The zero-order valence-electron chi connectivity index (χ0n) is 31.7. The van der Waals surface area contributed by atoms with Gasteiger partial charge in [0.15, 0.2) is 17.3 Å². The molecule has 7 aromatic rings. The Kier molecular flexibility index (Phi) is 10.5. The molecule has 0 aliphatic carbocycles. The topological polar surface area (TPSA) is 153 Å². The van der Waals surface area contributed by atoms with Gasteiger partial charge in [-0.25, -0.2) is 9.97 Å². The summed E-state index contributed by atoms with van der Waals surface area (Å²) in [6, 6.07) is 19.4. The number of benzene rings is 3. The number of furan rings is 1. The van der Waals surface area contributed by atoms with Crippen molar-refractivity contribution in [2.75, 3.05) is 36.4 Å². The SMILES string of the molecule is CCc1c(N2CCN(C(=O)c3ncnc(C)c3OCc3ccccc3)CC2)c(=O)n2nc(-c3cccc4ccoc34)nc2n1CC(=O)Nc1ccc(C(F)(F)F)cc1Cl. The van der Waals surface area contributed by atoms with Gasteiger partial charge in [0.05, 0.1) is 39.5 Å². The van der Waals surface area contributed by atoms with E-state index in [9.17, 15) is 27.6 Å². The molecule has 59 heavy (non-hydrogen) atoms. The monoisotopic (exact) mass is 825 g/mol. The van der Waals surface area contributed by atoms with E-state index in [4.69, 9.17) is 25.7 Å². The third-order valence-corrected chi connectivity index (χ3v) is 10.4. The first kappa shape index (κ1) is 39.1. The average molecular weight is 826 g/mol. The number of ether oxygens (including phenoxy) is 1.